The molecular formula is C13H25NO2. The Hall–Kier alpha value is -0.410. The number of hydrogen-bond donors (Lipinski definition) is 1. The van der Waals surface area contributed by atoms with E-state index in [-0.39, 0.29) is 23.2 Å². The molecule has 1 aliphatic heterocycles. The molecule has 94 valence electrons. The maximum absolute atomic E-state index is 11.9. The third-order valence-electron chi connectivity index (χ3n) is 2.95. The Balaban J connectivity index is 2.32. The SMILES string of the molecule is CC(C)(C)CC(N)CC(=O)C1CCCOC1. The predicted octanol–water partition coefficient (Wildman–Crippen LogP) is 2.14. The number of carbonyl (C=O) groups is 1. The van der Waals surface area contributed by atoms with Gasteiger partial charge in [-0.1, -0.05) is 20.8 Å². The molecule has 0 aromatic heterocycles. The molecule has 0 saturated carbocycles. The van der Waals surface area contributed by atoms with Crippen molar-refractivity contribution < 1.29 is 9.53 Å². The van der Waals surface area contributed by atoms with Crippen molar-refractivity contribution in [3.63, 3.8) is 0 Å². The van der Waals surface area contributed by atoms with Crippen molar-refractivity contribution in [3.05, 3.63) is 0 Å². The fourth-order valence-corrected chi connectivity index (χ4v) is 2.28. The summed E-state index contributed by atoms with van der Waals surface area (Å²) < 4.78 is 5.32. The van der Waals surface area contributed by atoms with Crippen molar-refractivity contribution in [2.24, 2.45) is 17.1 Å². The summed E-state index contributed by atoms with van der Waals surface area (Å²) in [4.78, 5) is 11.9. The number of hydrogen-bond acceptors (Lipinski definition) is 3. The van der Waals surface area contributed by atoms with Gasteiger partial charge in [0.15, 0.2) is 0 Å². The lowest BCUT2D eigenvalue weighted by molar-refractivity contribution is -0.127. The minimum Gasteiger partial charge on any atom is -0.381 e. The first-order valence-electron chi connectivity index (χ1n) is 6.24. The van der Waals surface area contributed by atoms with Gasteiger partial charge in [0.1, 0.15) is 5.78 Å². The standard InChI is InChI=1S/C13H25NO2/c1-13(2,3)8-11(14)7-12(15)10-5-4-6-16-9-10/h10-11H,4-9,14H2,1-3H3. The van der Waals surface area contributed by atoms with Gasteiger partial charge in [0.05, 0.1) is 6.61 Å². The van der Waals surface area contributed by atoms with Crippen LogP contribution in [0, 0.1) is 11.3 Å². The lowest BCUT2D eigenvalue weighted by Gasteiger charge is -2.25. The zero-order valence-electron chi connectivity index (χ0n) is 10.8. The molecule has 1 fully saturated rings. The third-order valence-corrected chi connectivity index (χ3v) is 2.95. The lowest BCUT2D eigenvalue weighted by Crippen LogP contribution is -2.33. The average Bonchev–Trinajstić information content (AvgIpc) is 2.16. The highest BCUT2D eigenvalue weighted by molar-refractivity contribution is 5.81. The average molecular weight is 227 g/mol. The Kier molecular flexibility index (Phi) is 4.93. The molecule has 1 heterocycles. The van der Waals surface area contributed by atoms with Crippen LogP contribution in [0.5, 0.6) is 0 Å². The van der Waals surface area contributed by atoms with Crippen LogP contribution in [-0.2, 0) is 9.53 Å². The second kappa shape index (κ2) is 5.78. The number of nitrogens with two attached hydrogens (primary N) is 1. The smallest absolute Gasteiger partial charge is 0.139 e. The Bertz CT molecular complexity index is 227. The highest BCUT2D eigenvalue weighted by atomic mass is 16.5. The summed E-state index contributed by atoms with van der Waals surface area (Å²) in [7, 11) is 0. The maximum Gasteiger partial charge on any atom is 0.139 e. The van der Waals surface area contributed by atoms with Crippen molar-refractivity contribution in [1.29, 1.82) is 0 Å². The summed E-state index contributed by atoms with van der Waals surface area (Å²) in [6, 6.07) is -0.00516. The van der Waals surface area contributed by atoms with Gasteiger partial charge in [0.2, 0.25) is 0 Å². The molecule has 2 atom stereocenters. The van der Waals surface area contributed by atoms with Gasteiger partial charge in [0, 0.05) is 25.0 Å². The van der Waals surface area contributed by atoms with E-state index in [4.69, 9.17) is 10.5 Å². The molecule has 3 heteroatoms. The fraction of sp³-hybridized carbons (Fsp3) is 0.923. The second-order valence-electron chi connectivity index (χ2n) is 6.11. The number of ether oxygens (including phenoxy) is 1. The predicted molar refractivity (Wildman–Crippen MR) is 65.2 cm³/mol. The van der Waals surface area contributed by atoms with Crippen molar-refractivity contribution in [2.45, 2.75) is 52.5 Å². The Labute approximate surface area is 98.7 Å². The summed E-state index contributed by atoms with van der Waals surface area (Å²) in [6.07, 6.45) is 3.38. The van der Waals surface area contributed by atoms with Gasteiger partial charge in [-0.15, -0.1) is 0 Å². The van der Waals surface area contributed by atoms with E-state index in [1.165, 1.54) is 0 Å². The Morgan fingerprint density at radius 2 is 2.19 bits per heavy atom. The van der Waals surface area contributed by atoms with E-state index < -0.39 is 0 Å². The minimum absolute atomic E-state index is 0.00516. The molecule has 1 saturated heterocycles. The van der Waals surface area contributed by atoms with Crippen LogP contribution < -0.4 is 5.73 Å². The molecule has 0 aromatic rings. The van der Waals surface area contributed by atoms with Crippen molar-refractivity contribution >= 4 is 5.78 Å². The van der Waals surface area contributed by atoms with E-state index in [1.54, 1.807) is 0 Å². The zero-order chi connectivity index (χ0) is 12.2. The number of ketones is 1. The molecule has 2 unspecified atom stereocenters. The number of carbonyl (C=O) groups excluding carboxylic acids is 1. The van der Waals surface area contributed by atoms with E-state index in [0.717, 1.165) is 25.9 Å². The highest BCUT2D eigenvalue weighted by Crippen LogP contribution is 2.23. The van der Waals surface area contributed by atoms with Crippen molar-refractivity contribution in [1.82, 2.24) is 0 Å². The molecule has 0 aliphatic carbocycles. The Morgan fingerprint density at radius 1 is 1.50 bits per heavy atom. The van der Waals surface area contributed by atoms with Gasteiger partial charge in [-0.05, 0) is 24.7 Å². The monoisotopic (exact) mass is 227 g/mol. The van der Waals surface area contributed by atoms with Crippen molar-refractivity contribution in [3.8, 4) is 0 Å². The third kappa shape index (κ3) is 5.08. The molecule has 0 amide bonds. The van der Waals surface area contributed by atoms with Crippen LogP contribution >= 0.6 is 0 Å². The first-order valence-corrected chi connectivity index (χ1v) is 6.24. The summed E-state index contributed by atoms with van der Waals surface area (Å²) in [5.41, 5.74) is 6.20. The molecular weight excluding hydrogens is 202 g/mol. The van der Waals surface area contributed by atoms with Crippen molar-refractivity contribution in [2.75, 3.05) is 13.2 Å². The van der Waals surface area contributed by atoms with Gasteiger partial charge in [-0.3, -0.25) is 4.79 Å². The number of rotatable bonds is 4. The van der Waals surface area contributed by atoms with E-state index in [2.05, 4.69) is 20.8 Å². The normalized spacial score (nSPS) is 24.1. The maximum atomic E-state index is 11.9. The van der Waals surface area contributed by atoms with E-state index in [9.17, 15) is 4.79 Å². The molecule has 0 spiro atoms. The van der Waals surface area contributed by atoms with Crippen LogP contribution in [0.2, 0.25) is 0 Å². The van der Waals surface area contributed by atoms with Crippen LogP contribution in [0.25, 0.3) is 0 Å². The van der Waals surface area contributed by atoms with Gasteiger partial charge >= 0.3 is 0 Å². The molecule has 1 aliphatic rings. The first-order chi connectivity index (χ1) is 7.38. The van der Waals surface area contributed by atoms with Crippen LogP contribution in [-0.4, -0.2) is 25.0 Å². The van der Waals surface area contributed by atoms with Crippen LogP contribution in [0.1, 0.15) is 46.5 Å². The van der Waals surface area contributed by atoms with Crippen LogP contribution in [0.15, 0.2) is 0 Å². The fourth-order valence-electron chi connectivity index (χ4n) is 2.28. The van der Waals surface area contributed by atoms with Gasteiger partial charge in [0.25, 0.3) is 0 Å². The molecule has 3 nitrogen and oxygen atoms in total. The van der Waals surface area contributed by atoms with Gasteiger partial charge in [-0.2, -0.15) is 0 Å². The van der Waals surface area contributed by atoms with Crippen LogP contribution in [0.4, 0.5) is 0 Å². The molecule has 16 heavy (non-hydrogen) atoms. The molecule has 2 N–H and O–H groups in total. The molecule has 0 radical (unpaired) electrons. The summed E-state index contributed by atoms with van der Waals surface area (Å²) in [5, 5.41) is 0. The summed E-state index contributed by atoms with van der Waals surface area (Å²) >= 11 is 0. The topological polar surface area (TPSA) is 52.3 Å². The minimum atomic E-state index is -0.00516. The summed E-state index contributed by atoms with van der Waals surface area (Å²) in [5.74, 6) is 0.385. The molecule has 1 rings (SSSR count). The second-order valence-corrected chi connectivity index (χ2v) is 6.11. The van der Waals surface area contributed by atoms with Crippen LogP contribution in [0.3, 0.4) is 0 Å². The zero-order valence-corrected chi connectivity index (χ0v) is 10.8. The molecule has 0 aromatic carbocycles. The van der Waals surface area contributed by atoms with Gasteiger partial charge in [-0.25, -0.2) is 0 Å². The van der Waals surface area contributed by atoms with E-state index >= 15 is 0 Å². The van der Waals surface area contributed by atoms with E-state index in [0.29, 0.717) is 13.0 Å². The Morgan fingerprint density at radius 3 is 2.69 bits per heavy atom. The summed E-state index contributed by atoms with van der Waals surface area (Å²) in [6.45, 7) is 7.86. The molecule has 0 bridgehead atoms. The van der Waals surface area contributed by atoms with Gasteiger partial charge < -0.3 is 10.5 Å². The number of Topliss-reactive ketones (excluding diaryl/α,β-unsaturated/α-hetero) is 1. The van der Waals surface area contributed by atoms with E-state index in [1.807, 2.05) is 0 Å². The quantitative estimate of drug-likeness (QED) is 0.800. The first kappa shape index (κ1) is 13.7. The lowest BCUT2D eigenvalue weighted by atomic mass is 9.84. The highest BCUT2D eigenvalue weighted by Gasteiger charge is 2.25. The largest absolute Gasteiger partial charge is 0.381 e.